The molecule has 3 heteroatoms. The molecule has 1 aromatic rings. The van der Waals surface area contributed by atoms with Crippen molar-refractivity contribution in [3.05, 3.63) is 41.0 Å². The summed E-state index contributed by atoms with van der Waals surface area (Å²) in [4.78, 5) is 13.8. The number of esters is 1. The molecule has 3 nitrogen and oxygen atoms in total. The maximum absolute atomic E-state index is 11.2. The van der Waals surface area contributed by atoms with Gasteiger partial charge in [-0.15, -0.1) is 0 Å². The van der Waals surface area contributed by atoms with Crippen molar-refractivity contribution in [2.75, 3.05) is 13.1 Å². The van der Waals surface area contributed by atoms with Crippen molar-refractivity contribution in [2.45, 2.75) is 58.1 Å². The largest absolute Gasteiger partial charge is 0.461 e. The smallest absolute Gasteiger partial charge is 0.305 e. The summed E-state index contributed by atoms with van der Waals surface area (Å²) in [5.74, 6) is -0.143. The monoisotopic (exact) mass is 313 g/mol. The summed E-state index contributed by atoms with van der Waals surface area (Å²) < 4.78 is 5.18. The zero-order valence-corrected chi connectivity index (χ0v) is 14.1. The first-order valence-corrected chi connectivity index (χ1v) is 8.95. The van der Waals surface area contributed by atoms with E-state index in [1.165, 1.54) is 50.8 Å². The summed E-state index contributed by atoms with van der Waals surface area (Å²) >= 11 is 0. The highest BCUT2D eigenvalue weighted by atomic mass is 16.5. The summed E-state index contributed by atoms with van der Waals surface area (Å²) in [6.45, 7) is 4.73. The van der Waals surface area contributed by atoms with E-state index in [9.17, 15) is 4.79 Å². The molecule has 1 saturated heterocycles. The molecule has 1 heterocycles. The average Bonchev–Trinajstić information content (AvgIpc) is 2.54. The predicted octanol–water partition coefficient (Wildman–Crippen LogP) is 4.17. The minimum absolute atomic E-state index is 0.143. The Morgan fingerprint density at radius 3 is 2.65 bits per heavy atom. The third-order valence-corrected chi connectivity index (χ3v) is 4.97. The Labute approximate surface area is 139 Å². The number of hydrogen-bond acceptors (Lipinski definition) is 3. The lowest BCUT2D eigenvalue weighted by Gasteiger charge is -2.42. The lowest BCUT2D eigenvalue weighted by atomic mass is 9.86. The van der Waals surface area contributed by atoms with Gasteiger partial charge >= 0.3 is 5.97 Å². The highest BCUT2D eigenvalue weighted by Gasteiger charge is 2.28. The average molecular weight is 313 g/mol. The summed E-state index contributed by atoms with van der Waals surface area (Å²) in [5, 5.41) is 0. The van der Waals surface area contributed by atoms with Crippen molar-refractivity contribution in [2.24, 2.45) is 0 Å². The Kier molecular flexibility index (Phi) is 5.50. The van der Waals surface area contributed by atoms with Crippen LogP contribution in [0.3, 0.4) is 0 Å². The first-order chi connectivity index (χ1) is 11.3. The second-order valence-corrected chi connectivity index (χ2v) is 6.63. The van der Waals surface area contributed by atoms with Crippen molar-refractivity contribution < 1.29 is 9.53 Å². The van der Waals surface area contributed by atoms with E-state index in [0.717, 1.165) is 5.56 Å². The molecule has 1 atom stereocenters. The number of likely N-dealkylation sites (tertiary alicyclic amines) is 1. The lowest BCUT2D eigenvalue weighted by Crippen LogP contribution is -2.46. The van der Waals surface area contributed by atoms with E-state index in [1.807, 2.05) is 6.92 Å². The van der Waals surface area contributed by atoms with Crippen LogP contribution in [0.5, 0.6) is 0 Å². The van der Waals surface area contributed by atoms with Gasteiger partial charge in [0.15, 0.2) is 0 Å². The van der Waals surface area contributed by atoms with E-state index in [4.69, 9.17) is 4.74 Å². The van der Waals surface area contributed by atoms with Crippen LogP contribution in [0.2, 0.25) is 0 Å². The van der Waals surface area contributed by atoms with E-state index < -0.39 is 0 Å². The minimum Gasteiger partial charge on any atom is -0.461 e. The Balaban J connectivity index is 1.64. The number of carbonyl (C=O) groups excluding carboxylic acids is 1. The lowest BCUT2D eigenvalue weighted by molar-refractivity contribution is -0.144. The van der Waals surface area contributed by atoms with Crippen molar-refractivity contribution in [3.8, 4) is 0 Å². The van der Waals surface area contributed by atoms with Gasteiger partial charge in [0.05, 0.1) is 0 Å². The van der Waals surface area contributed by atoms with Crippen molar-refractivity contribution in [1.82, 2.24) is 4.90 Å². The van der Waals surface area contributed by atoms with Crippen LogP contribution >= 0.6 is 0 Å². The number of rotatable bonds is 5. The molecule has 0 N–H and O–H groups in total. The van der Waals surface area contributed by atoms with Crippen LogP contribution in [-0.4, -0.2) is 30.0 Å². The molecule has 124 valence electrons. The van der Waals surface area contributed by atoms with Crippen molar-refractivity contribution in [3.63, 3.8) is 0 Å². The first kappa shape index (κ1) is 16.3. The van der Waals surface area contributed by atoms with E-state index in [0.29, 0.717) is 19.1 Å². The Bertz CT molecular complexity index is 558. The molecular weight excluding hydrogens is 286 g/mol. The molecule has 2 fully saturated rings. The molecule has 1 aromatic carbocycles. The van der Waals surface area contributed by atoms with Crippen LogP contribution in [0, 0.1) is 0 Å². The summed E-state index contributed by atoms with van der Waals surface area (Å²) in [5.41, 5.74) is 3.91. The third-order valence-electron chi connectivity index (χ3n) is 4.97. The standard InChI is InChI=1S/C20H27NO2/c1-2-20(22)23-15-17-10-8-16(9-11-17)14-18-6-3-4-7-19(18)21-12-5-13-21/h8-11,14,19H,2-7,12-13,15H2,1H3/b18-14-. The van der Waals surface area contributed by atoms with Crippen LogP contribution in [0.4, 0.5) is 0 Å². The minimum atomic E-state index is -0.143. The van der Waals surface area contributed by atoms with E-state index in [2.05, 4.69) is 35.2 Å². The predicted molar refractivity (Wildman–Crippen MR) is 93.0 cm³/mol. The second-order valence-electron chi connectivity index (χ2n) is 6.63. The summed E-state index contributed by atoms with van der Waals surface area (Å²) in [6, 6.07) is 9.09. The second kappa shape index (κ2) is 7.78. The van der Waals surface area contributed by atoms with E-state index >= 15 is 0 Å². The van der Waals surface area contributed by atoms with Gasteiger partial charge in [-0.05, 0) is 49.9 Å². The SMILES string of the molecule is CCC(=O)OCc1ccc(/C=C2/CCCCC2N2CCC2)cc1. The van der Waals surface area contributed by atoms with Gasteiger partial charge in [0.25, 0.3) is 0 Å². The van der Waals surface area contributed by atoms with Crippen molar-refractivity contribution in [1.29, 1.82) is 0 Å². The molecular formula is C20H27NO2. The van der Waals surface area contributed by atoms with E-state index in [-0.39, 0.29) is 5.97 Å². The molecule has 2 aliphatic rings. The Morgan fingerprint density at radius 2 is 2.00 bits per heavy atom. The fourth-order valence-electron chi connectivity index (χ4n) is 3.45. The molecule has 0 bridgehead atoms. The highest BCUT2D eigenvalue weighted by molar-refractivity contribution is 5.68. The summed E-state index contributed by atoms with van der Waals surface area (Å²) in [7, 11) is 0. The molecule has 0 aromatic heterocycles. The third kappa shape index (κ3) is 4.23. The van der Waals surface area contributed by atoms with Crippen LogP contribution in [-0.2, 0) is 16.1 Å². The zero-order valence-electron chi connectivity index (χ0n) is 14.1. The maximum Gasteiger partial charge on any atom is 0.305 e. The van der Waals surface area contributed by atoms with Crippen LogP contribution < -0.4 is 0 Å². The maximum atomic E-state index is 11.2. The van der Waals surface area contributed by atoms with Crippen LogP contribution in [0.1, 0.15) is 56.6 Å². The molecule has 0 spiro atoms. The van der Waals surface area contributed by atoms with Gasteiger partial charge in [-0.3, -0.25) is 9.69 Å². The first-order valence-electron chi connectivity index (χ1n) is 8.95. The molecule has 3 rings (SSSR count). The van der Waals surface area contributed by atoms with Gasteiger partial charge in [-0.1, -0.05) is 49.3 Å². The number of nitrogens with zero attached hydrogens (tertiary/aromatic N) is 1. The number of benzene rings is 1. The van der Waals surface area contributed by atoms with Gasteiger partial charge in [0, 0.05) is 12.5 Å². The molecule has 1 saturated carbocycles. The van der Waals surface area contributed by atoms with Crippen LogP contribution in [0.25, 0.3) is 6.08 Å². The Morgan fingerprint density at radius 1 is 1.22 bits per heavy atom. The number of hydrogen-bond donors (Lipinski definition) is 0. The van der Waals surface area contributed by atoms with E-state index in [1.54, 1.807) is 5.57 Å². The molecule has 1 aliphatic heterocycles. The normalized spacial score (nSPS) is 23.5. The molecule has 0 radical (unpaired) electrons. The van der Waals surface area contributed by atoms with Gasteiger partial charge < -0.3 is 4.74 Å². The molecule has 1 unspecified atom stereocenters. The zero-order chi connectivity index (χ0) is 16.1. The van der Waals surface area contributed by atoms with Gasteiger partial charge in [-0.25, -0.2) is 0 Å². The fraction of sp³-hybridized carbons (Fsp3) is 0.550. The fourth-order valence-corrected chi connectivity index (χ4v) is 3.45. The topological polar surface area (TPSA) is 29.5 Å². The highest BCUT2D eigenvalue weighted by Crippen LogP contribution is 2.32. The molecule has 23 heavy (non-hydrogen) atoms. The molecule has 1 aliphatic carbocycles. The van der Waals surface area contributed by atoms with Gasteiger partial charge in [0.1, 0.15) is 6.61 Å². The van der Waals surface area contributed by atoms with Crippen molar-refractivity contribution >= 4 is 12.0 Å². The van der Waals surface area contributed by atoms with Gasteiger partial charge in [-0.2, -0.15) is 0 Å². The molecule has 0 amide bonds. The Hall–Kier alpha value is -1.61. The quantitative estimate of drug-likeness (QED) is 0.764. The number of carbonyl (C=O) groups is 1. The van der Waals surface area contributed by atoms with Crippen LogP contribution in [0.15, 0.2) is 29.8 Å². The van der Waals surface area contributed by atoms with Gasteiger partial charge in [0.2, 0.25) is 0 Å². The number of ether oxygens (including phenoxy) is 1. The summed E-state index contributed by atoms with van der Waals surface area (Å²) in [6.07, 6.45) is 9.40.